The number of aryl methyl sites for hydroxylation is 3. The summed E-state index contributed by atoms with van der Waals surface area (Å²) in [5.74, 6) is 1.61. The second-order valence-corrected chi connectivity index (χ2v) is 8.83. The van der Waals surface area contributed by atoms with Crippen molar-refractivity contribution in [2.24, 2.45) is 17.4 Å². The first-order valence-corrected chi connectivity index (χ1v) is 11.9. The molecule has 0 spiro atoms. The summed E-state index contributed by atoms with van der Waals surface area (Å²) in [5, 5.41) is 11.3. The number of nitrogens with zero attached hydrogens (tertiary/aromatic N) is 5. The first kappa shape index (κ1) is 24.0. The zero-order valence-corrected chi connectivity index (χ0v) is 20.5. The van der Waals surface area contributed by atoms with Crippen molar-refractivity contribution in [3.05, 3.63) is 41.3 Å². The van der Waals surface area contributed by atoms with E-state index in [1.807, 2.05) is 38.1 Å². The Hall–Kier alpha value is -3.17. The molecule has 1 aromatic carbocycles. The van der Waals surface area contributed by atoms with Gasteiger partial charge in [-0.2, -0.15) is 5.10 Å². The van der Waals surface area contributed by atoms with Crippen LogP contribution in [0.3, 0.4) is 0 Å². The summed E-state index contributed by atoms with van der Waals surface area (Å²) in [6.07, 6.45) is 1.79. The smallest absolute Gasteiger partial charge is 0.228 e. The second-order valence-electron chi connectivity index (χ2n) is 8.83. The lowest BCUT2D eigenvalue weighted by Gasteiger charge is -2.35. The molecule has 0 bridgehead atoms. The summed E-state index contributed by atoms with van der Waals surface area (Å²) < 4.78 is 7.63. The SMILES string of the molecule is CCN(CN)C(=O)C1CCCN(c2nnc(C)c3c(C)n(-c4ccc(OCN)cc4)c(C)c23)C1. The number of rotatable bonds is 7. The van der Waals surface area contributed by atoms with E-state index in [1.54, 1.807) is 4.90 Å². The molecule has 2 aromatic heterocycles. The Kier molecular flexibility index (Phi) is 7.04. The number of piperidine rings is 1. The standard InChI is InChI=1S/C25H35N7O2/c1-5-30(14-26)25(33)19-7-6-12-31(13-19)24-23-18(4)32(17(3)22(23)16(2)28-29-24)20-8-10-21(11-9-20)34-15-27/h8-11,19H,5-7,12-15,26-27H2,1-4H3. The minimum atomic E-state index is -0.0889. The molecule has 1 unspecified atom stereocenters. The van der Waals surface area contributed by atoms with Crippen LogP contribution in [0, 0.1) is 26.7 Å². The summed E-state index contributed by atoms with van der Waals surface area (Å²) in [4.78, 5) is 16.9. The van der Waals surface area contributed by atoms with Gasteiger partial charge in [0.15, 0.2) is 5.82 Å². The lowest BCUT2D eigenvalue weighted by atomic mass is 9.96. The number of hydrogen-bond donors (Lipinski definition) is 2. The van der Waals surface area contributed by atoms with Gasteiger partial charge in [0, 0.05) is 47.5 Å². The zero-order chi connectivity index (χ0) is 24.4. The van der Waals surface area contributed by atoms with E-state index in [0.29, 0.717) is 13.1 Å². The van der Waals surface area contributed by atoms with Crippen molar-refractivity contribution in [2.75, 3.05) is 37.9 Å². The van der Waals surface area contributed by atoms with Gasteiger partial charge in [-0.1, -0.05) is 0 Å². The maximum absolute atomic E-state index is 13.0. The van der Waals surface area contributed by atoms with E-state index in [9.17, 15) is 4.79 Å². The lowest BCUT2D eigenvalue weighted by Crippen LogP contribution is -2.46. The van der Waals surface area contributed by atoms with E-state index in [-0.39, 0.29) is 25.2 Å². The second kappa shape index (κ2) is 9.99. The van der Waals surface area contributed by atoms with Gasteiger partial charge in [-0.25, -0.2) is 0 Å². The Morgan fingerprint density at radius 3 is 2.47 bits per heavy atom. The summed E-state index contributed by atoms with van der Waals surface area (Å²) in [6, 6.07) is 7.91. The first-order chi connectivity index (χ1) is 16.4. The zero-order valence-electron chi connectivity index (χ0n) is 20.5. The fourth-order valence-electron chi connectivity index (χ4n) is 5.18. The number of anilines is 1. The third-order valence-electron chi connectivity index (χ3n) is 6.85. The molecule has 182 valence electrons. The number of aromatic nitrogens is 3. The van der Waals surface area contributed by atoms with Gasteiger partial charge in [0.2, 0.25) is 5.91 Å². The summed E-state index contributed by atoms with van der Waals surface area (Å²) in [6.45, 7) is 10.7. The summed E-state index contributed by atoms with van der Waals surface area (Å²) in [5.41, 5.74) is 15.4. The molecule has 1 fully saturated rings. The van der Waals surface area contributed by atoms with E-state index in [4.69, 9.17) is 16.2 Å². The minimum Gasteiger partial charge on any atom is -0.479 e. The highest BCUT2D eigenvalue weighted by atomic mass is 16.5. The van der Waals surface area contributed by atoms with Crippen LogP contribution in [0.5, 0.6) is 5.75 Å². The van der Waals surface area contributed by atoms with Gasteiger partial charge < -0.3 is 24.8 Å². The van der Waals surface area contributed by atoms with Crippen LogP contribution in [0.2, 0.25) is 0 Å². The third kappa shape index (κ3) is 4.21. The highest BCUT2D eigenvalue weighted by Crippen LogP contribution is 2.37. The highest BCUT2D eigenvalue weighted by Gasteiger charge is 2.31. The predicted molar refractivity (Wildman–Crippen MR) is 134 cm³/mol. The number of amides is 1. The summed E-state index contributed by atoms with van der Waals surface area (Å²) in [7, 11) is 0. The van der Waals surface area contributed by atoms with Crippen LogP contribution in [-0.2, 0) is 4.79 Å². The van der Waals surface area contributed by atoms with E-state index < -0.39 is 0 Å². The van der Waals surface area contributed by atoms with Gasteiger partial charge in [-0.05, 0) is 64.8 Å². The molecule has 34 heavy (non-hydrogen) atoms. The maximum Gasteiger partial charge on any atom is 0.228 e. The number of ether oxygens (including phenoxy) is 1. The molecule has 0 radical (unpaired) electrons. The first-order valence-electron chi connectivity index (χ1n) is 11.9. The molecule has 1 amide bonds. The highest BCUT2D eigenvalue weighted by molar-refractivity contribution is 5.99. The molecule has 0 aliphatic carbocycles. The molecule has 9 nitrogen and oxygen atoms in total. The van der Waals surface area contributed by atoms with Crippen molar-refractivity contribution in [1.82, 2.24) is 19.7 Å². The Morgan fingerprint density at radius 1 is 1.12 bits per heavy atom. The van der Waals surface area contributed by atoms with Gasteiger partial charge in [0.25, 0.3) is 0 Å². The third-order valence-corrected chi connectivity index (χ3v) is 6.85. The van der Waals surface area contributed by atoms with Crippen LogP contribution in [-0.4, -0.2) is 58.6 Å². The van der Waals surface area contributed by atoms with Crippen molar-refractivity contribution < 1.29 is 9.53 Å². The van der Waals surface area contributed by atoms with Crippen molar-refractivity contribution in [3.63, 3.8) is 0 Å². The minimum absolute atomic E-state index is 0.0889. The Morgan fingerprint density at radius 2 is 1.82 bits per heavy atom. The number of carbonyl (C=O) groups excluding carboxylic acids is 1. The topological polar surface area (TPSA) is 116 Å². The molecular weight excluding hydrogens is 430 g/mol. The predicted octanol–water partition coefficient (Wildman–Crippen LogP) is 2.62. The molecule has 0 saturated carbocycles. The van der Waals surface area contributed by atoms with Crippen molar-refractivity contribution in [1.29, 1.82) is 0 Å². The quantitative estimate of drug-likeness (QED) is 0.515. The van der Waals surface area contributed by atoms with E-state index in [2.05, 4.69) is 33.5 Å². The average Bonchev–Trinajstić information content (AvgIpc) is 3.12. The van der Waals surface area contributed by atoms with Crippen LogP contribution >= 0.6 is 0 Å². The fourth-order valence-corrected chi connectivity index (χ4v) is 5.18. The Balaban J connectivity index is 1.75. The molecule has 1 atom stereocenters. The van der Waals surface area contributed by atoms with Gasteiger partial charge in [-0.3, -0.25) is 10.5 Å². The van der Waals surface area contributed by atoms with Crippen LogP contribution in [0.25, 0.3) is 16.5 Å². The monoisotopic (exact) mass is 465 g/mol. The molecule has 4 N–H and O–H groups in total. The van der Waals surface area contributed by atoms with Gasteiger partial charge in [-0.15, -0.1) is 5.10 Å². The molecule has 3 aromatic rings. The van der Waals surface area contributed by atoms with E-state index in [0.717, 1.165) is 64.5 Å². The molecular formula is C25H35N7O2. The van der Waals surface area contributed by atoms with Gasteiger partial charge >= 0.3 is 0 Å². The molecule has 1 saturated heterocycles. The van der Waals surface area contributed by atoms with Gasteiger partial charge in [0.05, 0.1) is 18.3 Å². The molecule has 4 rings (SSSR count). The largest absolute Gasteiger partial charge is 0.479 e. The van der Waals surface area contributed by atoms with Crippen molar-refractivity contribution >= 4 is 22.5 Å². The Labute approximate surface area is 200 Å². The maximum atomic E-state index is 13.0. The molecule has 1 aliphatic heterocycles. The molecule has 3 heterocycles. The van der Waals surface area contributed by atoms with E-state index >= 15 is 0 Å². The number of hydrogen-bond acceptors (Lipinski definition) is 7. The van der Waals surface area contributed by atoms with Crippen molar-refractivity contribution in [3.8, 4) is 11.4 Å². The van der Waals surface area contributed by atoms with Crippen molar-refractivity contribution in [2.45, 2.75) is 40.5 Å². The lowest BCUT2D eigenvalue weighted by molar-refractivity contribution is -0.135. The van der Waals surface area contributed by atoms with Crippen LogP contribution in [0.4, 0.5) is 5.82 Å². The van der Waals surface area contributed by atoms with Gasteiger partial charge in [0.1, 0.15) is 12.5 Å². The number of benzene rings is 1. The van der Waals surface area contributed by atoms with E-state index in [1.165, 1.54) is 0 Å². The number of carbonyl (C=O) groups is 1. The number of nitrogens with two attached hydrogens (primary N) is 2. The fraction of sp³-hybridized carbons (Fsp3) is 0.480. The summed E-state index contributed by atoms with van der Waals surface area (Å²) >= 11 is 0. The van der Waals surface area contributed by atoms with Crippen LogP contribution in [0.1, 0.15) is 36.8 Å². The molecule has 1 aliphatic rings. The molecule has 9 heteroatoms. The van der Waals surface area contributed by atoms with Crippen LogP contribution < -0.4 is 21.1 Å². The van der Waals surface area contributed by atoms with Crippen LogP contribution in [0.15, 0.2) is 24.3 Å². The number of fused-ring (bicyclic) bond motifs is 1. The normalized spacial score (nSPS) is 16.2. The Bertz CT molecular complexity index is 1170. The average molecular weight is 466 g/mol.